The quantitative estimate of drug-likeness (QED) is 0.602. The van der Waals surface area contributed by atoms with E-state index in [4.69, 9.17) is 16.3 Å². The maximum atomic E-state index is 13.3. The zero-order chi connectivity index (χ0) is 18.1. The second-order valence-electron chi connectivity index (χ2n) is 5.13. The highest BCUT2D eigenvalue weighted by atomic mass is 79.9. The van der Waals surface area contributed by atoms with Gasteiger partial charge in [0.15, 0.2) is 0 Å². The predicted molar refractivity (Wildman–Crippen MR) is 95.7 cm³/mol. The van der Waals surface area contributed by atoms with Crippen molar-refractivity contribution in [2.24, 2.45) is 0 Å². The SMILES string of the molecule is COc1ccc(/C=C2/C(=O)NN(c3ccc(F)c(Cl)c3)C2=O)cc1Br. The molecule has 3 rings (SSSR count). The topological polar surface area (TPSA) is 58.6 Å². The lowest BCUT2D eigenvalue weighted by molar-refractivity contribution is -0.117. The summed E-state index contributed by atoms with van der Waals surface area (Å²) in [5, 5.41) is 0.883. The van der Waals surface area contributed by atoms with Gasteiger partial charge in [0.1, 0.15) is 17.1 Å². The fourth-order valence-corrected chi connectivity index (χ4v) is 3.04. The highest BCUT2D eigenvalue weighted by molar-refractivity contribution is 9.10. The van der Waals surface area contributed by atoms with Crippen LogP contribution < -0.4 is 15.2 Å². The summed E-state index contributed by atoms with van der Waals surface area (Å²) in [6.07, 6.45) is 1.47. The van der Waals surface area contributed by atoms with Gasteiger partial charge in [-0.25, -0.2) is 9.40 Å². The van der Waals surface area contributed by atoms with Gasteiger partial charge in [-0.3, -0.25) is 15.0 Å². The van der Waals surface area contributed by atoms with Crippen molar-refractivity contribution in [2.75, 3.05) is 12.1 Å². The fourth-order valence-electron chi connectivity index (χ4n) is 2.30. The van der Waals surface area contributed by atoms with E-state index in [1.54, 1.807) is 18.2 Å². The first kappa shape index (κ1) is 17.4. The van der Waals surface area contributed by atoms with Crippen LogP contribution in [0.3, 0.4) is 0 Å². The minimum atomic E-state index is -0.609. The summed E-state index contributed by atoms with van der Waals surface area (Å²) in [4.78, 5) is 24.7. The normalized spacial score (nSPS) is 15.7. The monoisotopic (exact) mass is 424 g/mol. The van der Waals surface area contributed by atoms with Crippen LogP contribution in [0, 0.1) is 5.82 Å². The van der Waals surface area contributed by atoms with Crippen molar-refractivity contribution in [3.8, 4) is 5.75 Å². The van der Waals surface area contributed by atoms with Gasteiger partial charge >= 0.3 is 0 Å². The van der Waals surface area contributed by atoms with Crippen molar-refractivity contribution >= 4 is 51.1 Å². The van der Waals surface area contributed by atoms with Crippen LogP contribution in [0.5, 0.6) is 5.75 Å². The molecule has 0 aliphatic carbocycles. The Morgan fingerprint density at radius 2 is 2.00 bits per heavy atom. The van der Waals surface area contributed by atoms with E-state index in [0.29, 0.717) is 15.8 Å². The van der Waals surface area contributed by atoms with Crippen molar-refractivity contribution in [2.45, 2.75) is 0 Å². The number of nitrogens with zero attached hydrogens (tertiary/aromatic N) is 1. The number of hydrogen-bond donors (Lipinski definition) is 1. The van der Waals surface area contributed by atoms with Crippen LogP contribution in [0.25, 0.3) is 6.08 Å². The summed E-state index contributed by atoms with van der Waals surface area (Å²) < 4.78 is 19.1. The van der Waals surface area contributed by atoms with Crippen molar-refractivity contribution in [1.82, 2.24) is 5.43 Å². The van der Waals surface area contributed by atoms with Gasteiger partial charge in [0, 0.05) is 0 Å². The van der Waals surface area contributed by atoms with Crippen molar-refractivity contribution in [1.29, 1.82) is 0 Å². The largest absolute Gasteiger partial charge is 0.496 e. The average Bonchev–Trinajstić information content (AvgIpc) is 2.86. The second-order valence-corrected chi connectivity index (χ2v) is 6.39. The molecule has 2 amide bonds. The van der Waals surface area contributed by atoms with Crippen molar-refractivity contribution in [3.05, 3.63) is 62.8 Å². The number of amides is 2. The van der Waals surface area contributed by atoms with Crippen LogP contribution in [-0.4, -0.2) is 18.9 Å². The minimum Gasteiger partial charge on any atom is -0.496 e. The molecule has 128 valence electrons. The molecule has 2 aromatic carbocycles. The summed E-state index contributed by atoms with van der Waals surface area (Å²) >= 11 is 9.08. The lowest BCUT2D eigenvalue weighted by Crippen LogP contribution is -2.35. The molecule has 0 bridgehead atoms. The molecule has 1 heterocycles. The molecule has 0 atom stereocenters. The van der Waals surface area contributed by atoms with E-state index in [2.05, 4.69) is 21.4 Å². The molecule has 1 fully saturated rings. The molecule has 1 saturated heterocycles. The first-order chi connectivity index (χ1) is 11.9. The van der Waals surface area contributed by atoms with Crippen LogP contribution in [0.2, 0.25) is 5.02 Å². The number of hydrogen-bond acceptors (Lipinski definition) is 3. The Kier molecular flexibility index (Phi) is 4.78. The third kappa shape index (κ3) is 3.38. The Hall–Kier alpha value is -2.38. The summed E-state index contributed by atoms with van der Waals surface area (Å²) in [7, 11) is 1.54. The number of nitrogens with one attached hydrogen (secondary N) is 1. The van der Waals surface area contributed by atoms with Gasteiger partial charge in [0.05, 0.1) is 22.3 Å². The Labute approximate surface area is 156 Å². The number of carbonyl (C=O) groups excluding carboxylic acids is 2. The van der Waals surface area contributed by atoms with Gasteiger partial charge in [-0.15, -0.1) is 0 Å². The van der Waals surface area contributed by atoms with E-state index < -0.39 is 17.6 Å². The molecule has 1 aliphatic rings. The molecule has 0 unspecified atom stereocenters. The highest BCUT2D eigenvalue weighted by Crippen LogP contribution is 2.28. The number of rotatable bonds is 3. The van der Waals surface area contributed by atoms with Crippen LogP contribution in [0.4, 0.5) is 10.1 Å². The average molecular weight is 426 g/mol. The highest BCUT2D eigenvalue weighted by Gasteiger charge is 2.34. The Morgan fingerprint density at radius 3 is 2.64 bits per heavy atom. The van der Waals surface area contributed by atoms with Gasteiger partial charge in [-0.05, 0) is 57.9 Å². The summed E-state index contributed by atoms with van der Waals surface area (Å²) in [5.41, 5.74) is 3.30. The molecule has 1 aliphatic heterocycles. The summed E-state index contributed by atoms with van der Waals surface area (Å²) in [5.74, 6) is -1.09. The molecule has 0 spiro atoms. The molecular weight excluding hydrogens is 415 g/mol. The summed E-state index contributed by atoms with van der Waals surface area (Å²) in [6, 6.07) is 8.90. The van der Waals surface area contributed by atoms with Crippen LogP contribution in [0.15, 0.2) is 46.4 Å². The zero-order valence-electron chi connectivity index (χ0n) is 12.8. The van der Waals surface area contributed by atoms with E-state index >= 15 is 0 Å². The number of halogens is 3. The number of benzene rings is 2. The maximum absolute atomic E-state index is 13.3. The van der Waals surface area contributed by atoms with Gasteiger partial charge in [-0.2, -0.15) is 0 Å². The molecule has 5 nitrogen and oxygen atoms in total. The number of carbonyl (C=O) groups is 2. The van der Waals surface area contributed by atoms with Crippen LogP contribution >= 0.6 is 27.5 Å². The predicted octanol–water partition coefficient (Wildman–Crippen LogP) is 3.71. The van der Waals surface area contributed by atoms with Gasteiger partial charge in [-0.1, -0.05) is 17.7 Å². The lowest BCUT2D eigenvalue weighted by Gasteiger charge is -2.14. The lowest BCUT2D eigenvalue weighted by atomic mass is 10.1. The number of methoxy groups -OCH3 is 1. The van der Waals surface area contributed by atoms with Gasteiger partial charge in [0.25, 0.3) is 11.8 Å². The first-order valence-corrected chi connectivity index (χ1v) is 8.23. The number of ether oxygens (including phenoxy) is 1. The van der Waals surface area contributed by atoms with Crippen LogP contribution in [0.1, 0.15) is 5.56 Å². The Balaban J connectivity index is 1.93. The third-order valence-corrected chi connectivity index (χ3v) is 4.45. The summed E-state index contributed by atoms with van der Waals surface area (Å²) in [6.45, 7) is 0. The smallest absolute Gasteiger partial charge is 0.282 e. The van der Waals surface area contributed by atoms with Crippen molar-refractivity contribution < 1.29 is 18.7 Å². The number of hydrazine groups is 1. The first-order valence-electron chi connectivity index (χ1n) is 7.06. The van der Waals surface area contributed by atoms with Gasteiger partial charge in [0.2, 0.25) is 0 Å². The Morgan fingerprint density at radius 1 is 1.24 bits per heavy atom. The molecule has 0 aromatic heterocycles. The van der Waals surface area contributed by atoms with E-state index in [9.17, 15) is 14.0 Å². The van der Waals surface area contributed by atoms with E-state index in [-0.39, 0.29) is 16.3 Å². The molecule has 1 N–H and O–H groups in total. The Bertz CT molecular complexity index is 917. The third-order valence-electron chi connectivity index (χ3n) is 3.54. The van der Waals surface area contributed by atoms with Gasteiger partial charge < -0.3 is 4.74 Å². The molecule has 2 aromatic rings. The maximum Gasteiger partial charge on any atom is 0.282 e. The molecular formula is C17H11BrClFN2O3. The standard InChI is InChI=1S/C17H11BrClFN2O3/c1-25-15-5-2-9(7-12(15)18)6-11-16(23)21-22(17(11)24)10-3-4-14(20)13(19)8-10/h2-8H,1H3,(H,21,23)/b11-6-. The van der Waals surface area contributed by atoms with Crippen molar-refractivity contribution in [3.63, 3.8) is 0 Å². The number of anilines is 1. The molecule has 25 heavy (non-hydrogen) atoms. The minimum absolute atomic E-state index is 0.0440. The van der Waals surface area contributed by atoms with Crippen LogP contribution in [-0.2, 0) is 9.59 Å². The van der Waals surface area contributed by atoms with E-state index in [1.807, 2.05) is 0 Å². The molecule has 0 saturated carbocycles. The fraction of sp³-hybridized carbons (Fsp3) is 0.0588. The molecule has 8 heteroatoms. The second kappa shape index (κ2) is 6.85. The van der Waals surface area contributed by atoms with E-state index in [0.717, 1.165) is 11.1 Å². The zero-order valence-corrected chi connectivity index (χ0v) is 15.2. The molecule has 0 radical (unpaired) electrons. The van der Waals surface area contributed by atoms with E-state index in [1.165, 1.54) is 25.3 Å².